The maximum atomic E-state index is 12.1. The predicted molar refractivity (Wildman–Crippen MR) is 192 cm³/mol. The third kappa shape index (κ3) is 9.45. The molecular formula is C42H36O8. The van der Waals surface area contributed by atoms with E-state index < -0.39 is 0 Å². The van der Waals surface area contributed by atoms with E-state index in [0.717, 1.165) is 0 Å². The number of phenolic OH excluding ortho intramolecular Hbond substituents is 2. The Morgan fingerprint density at radius 2 is 0.740 bits per heavy atom. The van der Waals surface area contributed by atoms with Crippen LogP contribution >= 0.6 is 0 Å². The quantitative estimate of drug-likeness (QED) is 0.148. The minimum atomic E-state index is -0.203. The van der Waals surface area contributed by atoms with E-state index in [2.05, 4.69) is 0 Å². The third-order valence-corrected chi connectivity index (χ3v) is 7.36. The fraction of sp³-hybridized carbons (Fsp3) is 0.0714. The molecule has 0 atom stereocenters. The van der Waals surface area contributed by atoms with Crippen LogP contribution in [0.2, 0.25) is 0 Å². The van der Waals surface area contributed by atoms with E-state index in [1.807, 2.05) is 42.5 Å². The van der Waals surface area contributed by atoms with Crippen LogP contribution in [0.4, 0.5) is 0 Å². The minimum absolute atomic E-state index is 0.0157. The Balaban J connectivity index is 0.000000169. The highest BCUT2D eigenvalue weighted by molar-refractivity contribution is 6.12. The van der Waals surface area contributed by atoms with E-state index in [1.165, 1.54) is 26.4 Å². The van der Waals surface area contributed by atoms with Crippen molar-refractivity contribution in [2.45, 2.75) is 0 Å². The molecule has 6 aromatic rings. The molecule has 0 radical (unpaired) electrons. The molecule has 50 heavy (non-hydrogen) atoms. The van der Waals surface area contributed by atoms with Crippen LogP contribution in [-0.4, -0.2) is 48.9 Å². The lowest BCUT2D eigenvalue weighted by Gasteiger charge is -2.06. The van der Waals surface area contributed by atoms with Crippen molar-refractivity contribution in [1.29, 1.82) is 0 Å². The molecule has 0 aromatic heterocycles. The lowest BCUT2D eigenvalue weighted by atomic mass is 10.0. The summed E-state index contributed by atoms with van der Waals surface area (Å²) in [6, 6.07) is 43.4. The average Bonchev–Trinajstić information content (AvgIpc) is 3.18. The van der Waals surface area contributed by atoms with Crippen molar-refractivity contribution in [2.75, 3.05) is 21.3 Å². The second-order valence-electron chi connectivity index (χ2n) is 10.6. The summed E-state index contributed by atoms with van der Waals surface area (Å²) in [6.45, 7) is 0. The number of rotatable bonds is 9. The second kappa shape index (κ2) is 18.0. The summed E-state index contributed by atoms with van der Waals surface area (Å²) >= 11 is 0. The van der Waals surface area contributed by atoms with Gasteiger partial charge < -0.3 is 24.4 Å². The zero-order valence-electron chi connectivity index (χ0n) is 27.8. The zero-order chi connectivity index (χ0) is 35.9. The molecule has 0 fully saturated rings. The van der Waals surface area contributed by atoms with E-state index in [-0.39, 0.29) is 40.0 Å². The number of aromatic hydroxyl groups is 2. The fourth-order valence-corrected chi connectivity index (χ4v) is 4.73. The second-order valence-corrected chi connectivity index (χ2v) is 10.6. The molecule has 0 amide bonds. The Bertz CT molecular complexity index is 1920. The number of benzene rings is 6. The molecule has 0 saturated carbocycles. The number of carbonyl (C=O) groups is 3. The van der Waals surface area contributed by atoms with Gasteiger partial charge >= 0.3 is 0 Å². The first kappa shape index (κ1) is 36.2. The number of hydrogen-bond donors (Lipinski definition) is 2. The molecule has 8 heteroatoms. The Hall–Kier alpha value is -6.67. The van der Waals surface area contributed by atoms with Gasteiger partial charge in [-0.3, -0.25) is 14.4 Å². The van der Waals surface area contributed by atoms with Gasteiger partial charge in [-0.15, -0.1) is 0 Å². The van der Waals surface area contributed by atoms with Gasteiger partial charge in [0, 0.05) is 28.8 Å². The van der Waals surface area contributed by atoms with Gasteiger partial charge in [-0.2, -0.15) is 0 Å². The van der Waals surface area contributed by atoms with Crippen LogP contribution in [0.3, 0.4) is 0 Å². The molecule has 6 aromatic carbocycles. The maximum Gasteiger partial charge on any atom is 0.196 e. The number of carbonyl (C=O) groups excluding carboxylic acids is 3. The lowest BCUT2D eigenvalue weighted by Crippen LogP contribution is -2.03. The molecule has 2 N–H and O–H groups in total. The normalized spacial score (nSPS) is 9.90. The van der Waals surface area contributed by atoms with Crippen LogP contribution in [0.1, 0.15) is 47.8 Å². The van der Waals surface area contributed by atoms with Crippen LogP contribution in [0.15, 0.2) is 152 Å². The van der Waals surface area contributed by atoms with E-state index in [0.29, 0.717) is 39.5 Å². The number of ether oxygens (including phenoxy) is 3. The Kier molecular flexibility index (Phi) is 13.0. The summed E-state index contributed by atoms with van der Waals surface area (Å²) in [5.41, 5.74) is 2.91. The monoisotopic (exact) mass is 668 g/mol. The summed E-state index contributed by atoms with van der Waals surface area (Å²) in [5, 5.41) is 19.5. The van der Waals surface area contributed by atoms with Crippen molar-refractivity contribution < 1.29 is 38.8 Å². The summed E-state index contributed by atoms with van der Waals surface area (Å²) in [4.78, 5) is 36.3. The predicted octanol–water partition coefficient (Wildman–Crippen LogP) is 8.19. The SMILES string of the molecule is COc1ccc(C(=O)c2ccccc2)c(O)c1.COc1ccc(C(=O)c2ccccc2)c(O)c1.COc1ccccc1C(=O)c1ccccc1. The van der Waals surface area contributed by atoms with E-state index in [9.17, 15) is 24.6 Å². The molecule has 0 saturated heterocycles. The molecule has 0 aliphatic carbocycles. The fourth-order valence-electron chi connectivity index (χ4n) is 4.73. The smallest absolute Gasteiger partial charge is 0.196 e. The first-order valence-electron chi connectivity index (χ1n) is 15.4. The van der Waals surface area contributed by atoms with Crippen molar-refractivity contribution in [3.8, 4) is 28.7 Å². The summed E-state index contributed by atoms with van der Waals surface area (Å²) in [5.74, 6) is 1.08. The lowest BCUT2D eigenvalue weighted by molar-refractivity contribution is 0.102. The van der Waals surface area contributed by atoms with Crippen LogP contribution < -0.4 is 14.2 Å². The van der Waals surface area contributed by atoms with Crippen molar-refractivity contribution >= 4 is 17.3 Å². The van der Waals surface area contributed by atoms with Gasteiger partial charge in [0.05, 0.1) is 38.0 Å². The Labute approximate surface area is 290 Å². The standard InChI is InChI=1S/2C14H12O3.C14H12O2/c2*1-17-11-7-8-12(13(15)9-11)14(16)10-5-3-2-4-6-10;1-16-13-10-6-5-9-12(13)14(15)11-7-3-2-4-8-11/h2*2-9,15H,1H3;2-10H,1H3. The summed E-state index contributed by atoms with van der Waals surface area (Å²) in [6.07, 6.45) is 0. The van der Waals surface area contributed by atoms with Gasteiger partial charge in [0.15, 0.2) is 17.3 Å². The Morgan fingerprint density at radius 1 is 0.400 bits per heavy atom. The van der Waals surface area contributed by atoms with Crippen LogP contribution in [0, 0.1) is 0 Å². The van der Waals surface area contributed by atoms with Gasteiger partial charge in [-0.1, -0.05) is 103 Å². The van der Waals surface area contributed by atoms with Crippen molar-refractivity contribution in [1.82, 2.24) is 0 Å². The number of ketones is 3. The Morgan fingerprint density at radius 3 is 1.08 bits per heavy atom. The molecule has 0 aliphatic heterocycles. The van der Waals surface area contributed by atoms with E-state index >= 15 is 0 Å². The van der Waals surface area contributed by atoms with Crippen LogP contribution in [0.5, 0.6) is 28.7 Å². The van der Waals surface area contributed by atoms with Crippen molar-refractivity contribution in [2.24, 2.45) is 0 Å². The van der Waals surface area contributed by atoms with Gasteiger partial charge in [0.1, 0.15) is 28.7 Å². The minimum Gasteiger partial charge on any atom is -0.507 e. The van der Waals surface area contributed by atoms with Crippen molar-refractivity contribution in [3.05, 3.63) is 185 Å². The number of para-hydroxylation sites is 1. The summed E-state index contributed by atoms with van der Waals surface area (Å²) in [7, 11) is 4.58. The number of hydrogen-bond acceptors (Lipinski definition) is 8. The maximum absolute atomic E-state index is 12.1. The third-order valence-electron chi connectivity index (χ3n) is 7.36. The van der Waals surface area contributed by atoms with Gasteiger partial charge in [-0.05, 0) is 36.4 Å². The molecule has 8 nitrogen and oxygen atoms in total. The van der Waals surface area contributed by atoms with E-state index in [4.69, 9.17) is 14.2 Å². The first-order chi connectivity index (χ1) is 24.3. The topological polar surface area (TPSA) is 119 Å². The molecular weight excluding hydrogens is 632 g/mol. The van der Waals surface area contributed by atoms with Gasteiger partial charge in [-0.25, -0.2) is 0 Å². The van der Waals surface area contributed by atoms with Gasteiger partial charge in [0.25, 0.3) is 0 Å². The zero-order valence-corrected chi connectivity index (χ0v) is 27.8. The first-order valence-corrected chi connectivity index (χ1v) is 15.4. The molecule has 0 unspecified atom stereocenters. The van der Waals surface area contributed by atoms with Crippen LogP contribution in [-0.2, 0) is 0 Å². The van der Waals surface area contributed by atoms with Crippen molar-refractivity contribution in [3.63, 3.8) is 0 Å². The highest BCUT2D eigenvalue weighted by Crippen LogP contribution is 2.27. The van der Waals surface area contributed by atoms with E-state index in [1.54, 1.807) is 104 Å². The molecule has 0 spiro atoms. The molecule has 0 aliphatic rings. The highest BCUT2D eigenvalue weighted by atomic mass is 16.5. The largest absolute Gasteiger partial charge is 0.507 e. The highest BCUT2D eigenvalue weighted by Gasteiger charge is 2.15. The summed E-state index contributed by atoms with van der Waals surface area (Å²) < 4.78 is 15.1. The molecule has 6 rings (SSSR count). The number of phenols is 2. The molecule has 0 heterocycles. The molecule has 252 valence electrons. The molecule has 0 bridgehead atoms. The van der Waals surface area contributed by atoms with Crippen LogP contribution in [0.25, 0.3) is 0 Å². The van der Waals surface area contributed by atoms with Gasteiger partial charge in [0.2, 0.25) is 0 Å². The number of methoxy groups -OCH3 is 3. The average molecular weight is 669 g/mol.